The highest BCUT2D eigenvalue weighted by atomic mass is 19.4. The fraction of sp³-hybridized carbons (Fsp3) is 0.600. The van der Waals surface area contributed by atoms with Gasteiger partial charge in [0.25, 0.3) is 0 Å². The van der Waals surface area contributed by atoms with E-state index < -0.39 is 11.7 Å². The standard InChI is InChI=1S/C15H21F3N2/c1-11-10-19(3)8-9-20(11)12(2)13-4-6-14(7-5-13)15(16,17)18/h4-7,11-12H,8-10H2,1-3H3/t11-,12-/m0/s1. The fourth-order valence-electron chi connectivity index (χ4n) is 2.87. The van der Waals surface area contributed by atoms with Gasteiger partial charge in [0.05, 0.1) is 5.56 Å². The number of rotatable bonds is 2. The molecule has 112 valence electrons. The number of piperazine rings is 1. The van der Waals surface area contributed by atoms with Gasteiger partial charge in [-0.15, -0.1) is 0 Å². The van der Waals surface area contributed by atoms with E-state index in [0.717, 1.165) is 25.2 Å². The van der Waals surface area contributed by atoms with E-state index in [1.165, 1.54) is 12.1 Å². The van der Waals surface area contributed by atoms with E-state index in [4.69, 9.17) is 0 Å². The van der Waals surface area contributed by atoms with Gasteiger partial charge in [-0.2, -0.15) is 13.2 Å². The molecule has 0 unspecified atom stereocenters. The zero-order chi connectivity index (χ0) is 14.9. The van der Waals surface area contributed by atoms with Gasteiger partial charge in [-0.1, -0.05) is 12.1 Å². The SMILES string of the molecule is C[C@H]1CN(C)CCN1[C@@H](C)c1ccc(C(F)(F)F)cc1. The average molecular weight is 286 g/mol. The van der Waals surface area contributed by atoms with Gasteiger partial charge in [0.2, 0.25) is 0 Å². The molecule has 5 heteroatoms. The van der Waals surface area contributed by atoms with Crippen LogP contribution in [0, 0.1) is 0 Å². The molecule has 1 aromatic carbocycles. The highest BCUT2D eigenvalue weighted by Gasteiger charge is 2.31. The largest absolute Gasteiger partial charge is 0.416 e. The Hall–Kier alpha value is -1.07. The van der Waals surface area contributed by atoms with Crippen LogP contribution in [0.2, 0.25) is 0 Å². The Balaban J connectivity index is 2.11. The number of halogens is 3. The number of hydrogen-bond acceptors (Lipinski definition) is 2. The molecule has 0 aliphatic carbocycles. The normalized spacial score (nSPS) is 23.8. The Morgan fingerprint density at radius 1 is 1.15 bits per heavy atom. The second kappa shape index (κ2) is 5.74. The van der Waals surface area contributed by atoms with E-state index in [-0.39, 0.29) is 6.04 Å². The lowest BCUT2D eigenvalue weighted by molar-refractivity contribution is -0.137. The molecule has 0 N–H and O–H groups in total. The molecule has 0 saturated carbocycles. The van der Waals surface area contributed by atoms with Gasteiger partial charge in [0.1, 0.15) is 0 Å². The van der Waals surface area contributed by atoms with Gasteiger partial charge in [0, 0.05) is 31.7 Å². The second-order valence-electron chi connectivity index (χ2n) is 5.64. The first-order valence-corrected chi connectivity index (χ1v) is 6.90. The Bertz CT molecular complexity index is 441. The molecule has 2 nitrogen and oxygen atoms in total. The van der Waals surface area contributed by atoms with E-state index >= 15 is 0 Å². The molecule has 1 aliphatic rings. The van der Waals surface area contributed by atoms with Crippen molar-refractivity contribution in [2.24, 2.45) is 0 Å². The van der Waals surface area contributed by atoms with E-state index in [1.54, 1.807) is 12.1 Å². The summed E-state index contributed by atoms with van der Waals surface area (Å²) in [6, 6.07) is 6.09. The van der Waals surface area contributed by atoms with Gasteiger partial charge in [0.15, 0.2) is 0 Å². The summed E-state index contributed by atoms with van der Waals surface area (Å²) in [6.45, 7) is 7.15. The summed E-state index contributed by atoms with van der Waals surface area (Å²) in [5.41, 5.74) is 0.356. The summed E-state index contributed by atoms with van der Waals surface area (Å²) >= 11 is 0. The molecule has 0 amide bonds. The van der Waals surface area contributed by atoms with Crippen LogP contribution in [-0.2, 0) is 6.18 Å². The summed E-state index contributed by atoms with van der Waals surface area (Å²) < 4.78 is 37.7. The number of likely N-dealkylation sites (N-methyl/N-ethyl adjacent to an activating group) is 1. The lowest BCUT2D eigenvalue weighted by Crippen LogP contribution is -2.51. The van der Waals surface area contributed by atoms with Gasteiger partial charge in [-0.3, -0.25) is 4.90 Å². The van der Waals surface area contributed by atoms with Crippen molar-refractivity contribution in [1.29, 1.82) is 0 Å². The molecule has 2 rings (SSSR count). The Labute approximate surface area is 118 Å². The first-order valence-electron chi connectivity index (χ1n) is 6.90. The molecular formula is C15H21F3N2. The van der Waals surface area contributed by atoms with Crippen molar-refractivity contribution >= 4 is 0 Å². The molecular weight excluding hydrogens is 265 g/mol. The monoisotopic (exact) mass is 286 g/mol. The minimum absolute atomic E-state index is 0.140. The van der Waals surface area contributed by atoms with Crippen molar-refractivity contribution < 1.29 is 13.2 Å². The Morgan fingerprint density at radius 2 is 1.75 bits per heavy atom. The molecule has 0 aromatic heterocycles. The quantitative estimate of drug-likeness (QED) is 0.822. The van der Waals surface area contributed by atoms with Crippen LogP contribution in [0.4, 0.5) is 13.2 Å². The summed E-state index contributed by atoms with van der Waals surface area (Å²) in [7, 11) is 2.09. The smallest absolute Gasteiger partial charge is 0.304 e. The molecule has 0 radical (unpaired) electrons. The highest BCUT2D eigenvalue weighted by Crippen LogP contribution is 2.31. The third-order valence-corrected chi connectivity index (χ3v) is 4.10. The average Bonchev–Trinajstić information content (AvgIpc) is 2.37. The maximum Gasteiger partial charge on any atom is 0.416 e. The van der Waals surface area contributed by atoms with Gasteiger partial charge in [-0.25, -0.2) is 0 Å². The van der Waals surface area contributed by atoms with E-state index in [1.807, 2.05) is 0 Å². The number of benzene rings is 1. The first-order chi connectivity index (χ1) is 9.29. The van der Waals surface area contributed by atoms with Crippen LogP contribution in [0.3, 0.4) is 0 Å². The van der Waals surface area contributed by atoms with Gasteiger partial charge >= 0.3 is 6.18 Å². The summed E-state index contributed by atoms with van der Waals surface area (Å²) in [5.74, 6) is 0. The van der Waals surface area contributed by atoms with Gasteiger partial charge < -0.3 is 4.90 Å². The van der Waals surface area contributed by atoms with Crippen LogP contribution in [-0.4, -0.2) is 42.5 Å². The lowest BCUT2D eigenvalue weighted by atomic mass is 10.0. The van der Waals surface area contributed by atoms with Crippen molar-refractivity contribution in [3.8, 4) is 0 Å². The Kier molecular flexibility index (Phi) is 4.39. The van der Waals surface area contributed by atoms with Gasteiger partial charge in [-0.05, 0) is 38.6 Å². The summed E-state index contributed by atoms with van der Waals surface area (Å²) in [4.78, 5) is 4.63. The zero-order valence-electron chi connectivity index (χ0n) is 12.1. The number of alkyl halides is 3. The minimum atomic E-state index is -4.26. The van der Waals surface area contributed by atoms with Crippen LogP contribution in [0.25, 0.3) is 0 Å². The minimum Gasteiger partial charge on any atom is -0.304 e. The van der Waals surface area contributed by atoms with Crippen LogP contribution in [0.1, 0.15) is 31.0 Å². The highest BCUT2D eigenvalue weighted by molar-refractivity contribution is 5.26. The summed E-state index contributed by atoms with van der Waals surface area (Å²) in [6.07, 6.45) is -4.26. The predicted molar refractivity (Wildman–Crippen MR) is 73.5 cm³/mol. The van der Waals surface area contributed by atoms with Crippen molar-refractivity contribution in [2.45, 2.75) is 32.1 Å². The van der Waals surface area contributed by atoms with Crippen molar-refractivity contribution in [1.82, 2.24) is 9.80 Å². The maximum atomic E-state index is 12.6. The third kappa shape index (κ3) is 3.33. The zero-order valence-corrected chi connectivity index (χ0v) is 12.1. The van der Waals surface area contributed by atoms with Crippen molar-refractivity contribution in [3.63, 3.8) is 0 Å². The molecule has 20 heavy (non-hydrogen) atoms. The third-order valence-electron chi connectivity index (χ3n) is 4.10. The van der Waals surface area contributed by atoms with Crippen molar-refractivity contribution in [3.05, 3.63) is 35.4 Å². The molecule has 2 atom stereocenters. The molecule has 1 heterocycles. The van der Waals surface area contributed by atoms with Crippen LogP contribution < -0.4 is 0 Å². The molecule has 1 aliphatic heterocycles. The molecule has 1 fully saturated rings. The first kappa shape index (κ1) is 15.3. The number of hydrogen-bond donors (Lipinski definition) is 0. The van der Waals surface area contributed by atoms with Crippen LogP contribution >= 0.6 is 0 Å². The van der Waals surface area contributed by atoms with E-state index in [2.05, 4.69) is 30.7 Å². The van der Waals surface area contributed by atoms with Crippen LogP contribution in [0.15, 0.2) is 24.3 Å². The topological polar surface area (TPSA) is 6.48 Å². The molecule has 0 bridgehead atoms. The lowest BCUT2D eigenvalue weighted by Gasteiger charge is -2.42. The molecule has 0 spiro atoms. The van der Waals surface area contributed by atoms with Crippen molar-refractivity contribution in [2.75, 3.05) is 26.7 Å². The van der Waals surface area contributed by atoms with E-state index in [0.29, 0.717) is 6.04 Å². The van der Waals surface area contributed by atoms with E-state index in [9.17, 15) is 13.2 Å². The Morgan fingerprint density at radius 3 is 2.25 bits per heavy atom. The molecule has 1 aromatic rings. The summed E-state index contributed by atoms with van der Waals surface area (Å²) in [5, 5.41) is 0. The number of nitrogens with zero attached hydrogens (tertiary/aromatic N) is 2. The predicted octanol–water partition coefficient (Wildman–Crippen LogP) is 3.40. The van der Waals surface area contributed by atoms with Crippen LogP contribution in [0.5, 0.6) is 0 Å². The fourth-order valence-corrected chi connectivity index (χ4v) is 2.87. The maximum absolute atomic E-state index is 12.6. The molecule has 1 saturated heterocycles. The second-order valence-corrected chi connectivity index (χ2v) is 5.64.